The van der Waals surface area contributed by atoms with Gasteiger partial charge in [0.05, 0.1) is 19.8 Å². The van der Waals surface area contributed by atoms with Crippen LogP contribution in [0.3, 0.4) is 0 Å². The van der Waals surface area contributed by atoms with Gasteiger partial charge in [-0.05, 0) is 12.1 Å². The van der Waals surface area contributed by atoms with E-state index in [1.165, 1.54) is 14.2 Å². The maximum atomic E-state index is 11.3. The van der Waals surface area contributed by atoms with Gasteiger partial charge in [-0.2, -0.15) is 0 Å². The summed E-state index contributed by atoms with van der Waals surface area (Å²) >= 11 is 0. The molecule has 4 nitrogen and oxygen atoms in total. The number of esters is 1. The van der Waals surface area contributed by atoms with Gasteiger partial charge in [0.15, 0.2) is 0 Å². The van der Waals surface area contributed by atoms with Crippen LogP contribution in [0.4, 0.5) is 0 Å². The zero-order valence-electron chi connectivity index (χ0n) is 9.80. The van der Waals surface area contributed by atoms with E-state index in [1.807, 2.05) is 0 Å². The fraction of sp³-hybridized carbons (Fsp3) is 0.231. The molecule has 90 valence electrons. The van der Waals surface area contributed by atoms with Crippen molar-refractivity contribution < 1.29 is 19.1 Å². The lowest BCUT2D eigenvalue weighted by atomic mass is 10.1. The van der Waals surface area contributed by atoms with Crippen LogP contribution in [-0.4, -0.2) is 26.5 Å². The number of methoxy groups -OCH3 is 2. The van der Waals surface area contributed by atoms with Gasteiger partial charge in [0.2, 0.25) is 0 Å². The minimum atomic E-state index is -0.410. The molecule has 17 heavy (non-hydrogen) atoms. The van der Waals surface area contributed by atoms with Crippen LogP contribution in [0.1, 0.15) is 22.3 Å². The van der Waals surface area contributed by atoms with E-state index in [1.54, 1.807) is 30.4 Å². The molecular formula is C13H14O4. The average molecular weight is 234 g/mol. The van der Waals surface area contributed by atoms with E-state index in [0.29, 0.717) is 17.7 Å². The predicted octanol–water partition coefficient (Wildman–Crippen LogP) is 2.08. The Balaban J connectivity index is 3.00. The lowest BCUT2D eigenvalue weighted by Gasteiger charge is -2.06. The van der Waals surface area contributed by atoms with Crippen molar-refractivity contribution in [2.24, 2.45) is 0 Å². The highest BCUT2D eigenvalue weighted by Gasteiger charge is 2.08. The van der Waals surface area contributed by atoms with Crippen LogP contribution in [-0.2, 0) is 9.53 Å². The topological polar surface area (TPSA) is 52.6 Å². The second kappa shape index (κ2) is 6.48. The molecule has 1 aromatic carbocycles. The maximum Gasteiger partial charge on any atom is 0.337 e. The SMILES string of the molecule is COC(=O)c1ccc(C=CCC=O)c(OC)c1. The number of rotatable bonds is 5. The van der Waals surface area contributed by atoms with Crippen LogP contribution in [0.25, 0.3) is 6.08 Å². The van der Waals surface area contributed by atoms with Crippen molar-refractivity contribution in [3.05, 3.63) is 35.4 Å². The van der Waals surface area contributed by atoms with Gasteiger partial charge in [0, 0.05) is 12.0 Å². The van der Waals surface area contributed by atoms with Gasteiger partial charge in [-0.15, -0.1) is 0 Å². The molecule has 0 aliphatic carbocycles. The molecule has 0 heterocycles. The summed E-state index contributed by atoms with van der Waals surface area (Å²) in [6.45, 7) is 0. The predicted molar refractivity (Wildman–Crippen MR) is 64.0 cm³/mol. The summed E-state index contributed by atoms with van der Waals surface area (Å²) in [6.07, 6.45) is 4.66. The fourth-order valence-electron chi connectivity index (χ4n) is 1.34. The summed E-state index contributed by atoms with van der Waals surface area (Å²) in [5.41, 5.74) is 1.24. The van der Waals surface area contributed by atoms with Gasteiger partial charge < -0.3 is 14.3 Å². The first kappa shape index (κ1) is 13.0. The lowest BCUT2D eigenvalue weighted by Crippen LogP contribution is -2.01. The van der Waals surface area contributed by atoms with E-state index in [-0.39, 0.29) is 0 Å². The minimum absolute atomic E-state index is 0.349. The average Bonchev–Trinajstić information content (AvgIpc) is 2.38. The highest BCUT2D eigenvalue weighted by molar-refractivity contribution is 5.90. The number of carbonyl (C=O) groups is 2. The number of aldehydes is 1. The first-order chi connectivity index (χ1) is 8.22. The van der Waals surface area contributed by atoms with Gasteiger partial charge in [-0.25, -0.2) is 4.79 Å². The Kier molecular flexibility index (Phi) is 4.94. The maximum absolute atomic E-state index is 11.3. The van der Waals surface area contributed by atoms with Crippen LogP contribution in [0, 0.1) is 0 Å². The summed E-state index contributed by atoms with van der Waals surface area (Å²) in [6, 6.07) is 4.99. The zero-order chi connectivity index (χ0) is 12.7. The van der Waals surface area contributed by atoms with Crippen molar-refractivity contribution in [3.63, 3.8) is 0 Å². The largest absolute Gasteiger partial charge is 0.496 e. The van der Waals surface area contributed by atoms with Gasteiger partial charge in [0.25, 0.3) is 0 Å². The smallest absolute Gasteiger partial charge is 0.337 e. The molecule has 0 unspecified atom stereocenters. The monoisotopic (exact) mass is 234 g/mol. The van der Waals surface area contributed by atoms with Crippen molar-refractivity contribution in [1.29, 1.82) is 0 Å². The summed E-state index contributed by atoms with van der Waals surface area (Å²) in [4.78, 5) is 21.5. The molecule has 0 fully saturated rings. The van der Waals surface area contributed by atoms with Crippen molar-refractivity contribution >= 4 is 18.3 Å². The van der Waals surface area contributed by atoms with Gasteiger partial charge in [-0.3, -0.25) is 0 Å². The van der Waals surface area contributed by atoms with E-state index in [4.69, 9.17) is 4.74 Å². The Morgan fingerprint density at radius 3 is 2.71 bits per heavy atom. The van der Waals surface area contributed by atoms with E-state index in [0.717, 1.165) is 11.8 Å². The third kappa shape index (κ3) is 3.45. The Labute approximate surface area is 99.8 Å². The molecule has 0 radical (unpaired) electrons. The van der Waals surface area contributed by atoms with E-state index >= 15 is 0 Å². The van der Waals surface area contributed by atoms with Crippen LogP contribution in [0.15, 0.2) is 24.3 Å². The lowest BCUT2D eigenvalue weighted by molar-refractivity contribution is -0.107. The second-order valence-electron chi connectivity index (χ2n) is 3.25. The normalized spacial score (nSPS) is 10.2. The summed E-state index contributed by atoms with van der Waals surface area (Å²) < 4.78 is 9.78. The van der Waals surface area contributed by atoms with Crippen molar-refractivity contribution in [3.8, 4) is 5.75 Å². The Morgan fingerprint density at radius 1 is 1.35 bits per heavy atom. The fourth-order valence-corrected chi connectivity index (χ4v) is 1.34. The Bertz CT molecular complexity index is 435. The van der Waals surface area contributed by atoms with E-state index in [9.17, 15) is 9.59 Å². The summed E-state index contributed by atoms with van der Waals surface area (Å²) in [7, 11) is 2.85. The standard InChI is InChI=1S/C13H14O4/c1-16-12-9-11(13(15)17-2)7-6-10(12)5-3-4-8-14/h3,5-9H,4H2,1-2H3. The first-order valence-electron chi connectivity index (χ1n) is 5.09. The van der Waals surface area contributed by atoms with Crippen LogP contribution in [0.5, 0.6) is 5.75 Å². The molecule has 0 aromatic heterocycles. The highest BCUT2D eigenvalue weighted by atomic mass is 16.5. The van der Waals surface area contributed by atoms with Crippen LogP contribution < -0.4 is 4.74 Å². The number of hydrogen-bond acceptors (Lipinski definition) is 4. The number of benzene rings is 1. The number of ether oxygens (including phenoxy) is 2. The quantitative estimate of drug-likeness (QED) is 0.578. The number of allylic oxidation sites excluding steroid dienone is 1. The van der Waals surface area contributed by atoms with Gasteiger partial charge in [-0.1, -0.05) is 18.2 Å². The molecule has 0 aliphatic rings. The molecule has 0 amide bonds. The van der Waals surface area contributed by atoms with Gasteiger partial charge >= 0.3 is 5.97 Å². The van der Waals surface area contributed by atoms with Crippen molar-refractivity contribution in [1.82, 2.24) is 0 Å². The zero-order valence-corrected chi connectivity index (χ0v) is 9.80. The van der Waals surface area contributed by atoms with Crippen LogP contribution >= 0.6 is 0 Å². The molecule has 0 spiro atoms. The molecule has 0 N–H and O–H groups in total. The van der Waals surface area contributed by atoms with E-state index in [2.05, 4.69) is 4.74 Å². The number of hydrogen-bond donors (Lipinski definition) is 0. The molecule has 4 heteroatoms. The summed E-state index contributed by atoms with van der Waals surface area (Å²) in [5, 5.41) is 0. The molecule has 0 saturated carbocycles. The second-order valence-corrected chi connectivity index (χ2v) is 3.25. The van der Waals surface area contributed by atoms with E-state index < -0.39 is 5.97 Å². The molecule has 0 atom stereocenters. The third-order valence-corrected chi connectivity index (χ3v) is 2.18. The van der Waals surface area contributed by atoms with Crippen molar-refractivity contribution in [2.75, 3.05) is 14.2 Å². The first-order valence-corrected chi connectivity index (χ1v) is 5.09. The molecular weight excluding hydrogens is 220 g/mol. The molecule has 0 saturated heterocycles. The Hall–Kier alpha value is -2.10. The molecule has 0 bridgehead atoms. The van der Waals surface area contributed by atoms with Gasteiger partial charge in [0.1, 0.15) is 12.0 Å². The summed E-state index contributed by atoms with van der Waals surface area (Å²) in [5.74, 6) is 0.154. The Morgan fingerprint density at radius 2 is 2.12 bits per heavy atom. The molecule has 0 aliphatic heterocycles. The third-order valence-electron chi connectivity index (χ3n) is 2.18. The molecule has 1 rings (SSSR count). The number of carbonyl (C=O) groups excluding carboxylic acids is 2. The molecule has 1 aromatic rings. The van der Waals surface area contributed by atoms with Crippen LogP contribution in [0.2, 0.25) is 0 Å². The highest BCUT2D eigenvalue weighted by Crippen LogP contribution is 2.22. The minimum Gasteiger partial charge on any atom is -0.496 e. The van der Waals surface area contributed by atoms with Crippen molar-refractivity contribution in [2.45, 2.75) is 6.42 Å².